The Kier molecular flexibility index (Phi) is 7.13. The van der Waals surface area contributed by atoms with E-state index in [4.69, 9.17) is 16.3 Å². The van der Waals surface area contributed by atoms with Crippen LogP contribution in [0, 0.1) is 5.82 Å². The van der Waals surface area contributed by atoms with Crippen LogP contribution in [0.3, 0.4) is 0 Å². The van der Waals surface area contributed by atoms with Crippen molar-refractivity contribution in [1.29, 1.82) is 0 Å². The van der Waals surface area contributed by atoms with Crippen molar-refractivity contribution in [3.63, 3.8) is 0 Å². The van der Waals surface area contributed by atoms with Crippen LogP contribution in [0.1, 0.15) is 10.4 Å². The molecule has 1 amide bonds. The van der Waals surface area contributed by atoms with Crippen molar-refractivity contribution in [3.8, 4) is 0 Å². The van der Waals surface area contributed by atoms with Crippen LogP contribution in [0.4, 0.5) is 10.1 Å². The second kappa shape index (κ2) is 8.92. The van der Waals surface area contributed by atoms with Gasteiger partial charge in [-0.3, -0.25) is 4.79 Å². The molecule has 0 aromatic heterocycles. The lowest BCUT2D eigenvalue weighted by molar-refractivity contribution is 0.102. The maximum absolute atomic E-state index is 13.2. The van der Waals surface area contributed by atoms with Crippen molar-refractivity contribution in [3.05, 3.63) is 57.3 Å². The number of ether oxygens (including phenoxy) is 1. The van der Waals surface area contributed by atoms with Crippen molar-refractivity contribution < 1.29 is 22.3 Å². The number of benzene rings is 2. The quantitative estimate of drug-likeness (QED) is 0.614. The molecule has 2 N–H and O–H groups in total. The Bertz CT molecular complexity index is 924. The summed E-state index contributed by atoms with van der Waals surface area (Å²) in [5.74, 6) is -1.19. The van der Waals surface area contributed by atoms with Gasteiger partial charge in [0.1, 0.15) is 5.82 Å². The second-order valence-electron chi connectivity index (χ2n) is 5.12. The van der Waals surface area contributed by atoms with Crippen LogP contribution in [0.15, 0.2) is 45.8 Å². The zero-order valence-electron chi connectivity index (χ0n) is 13.6. The number of amides is 1. The molecule has 0 saturated carbocycles. The fourth-order valence-electron chi connectivity index (χ4n) is 1.98. The van der Waals surface area contributed by atoms with Crippen LogP contribution in [0.2, 0.25) is 5.02 Å². The normalized spacial score (nSPS) is 11.4. The number of carbonyl (C=O) groups excluding carboxylic acids is 1. The lowest BCUT2D eigenvalue weighted by Gasteiger charge is -2.11. The number of hydrogen-bond acceptors (Lipinski definition) is 4. The van der Waals surface area contributed by atoms with Crippen molar-refractivity contribution in [1.82, 2.24) is 4.72 Å². The Balaban J connectivity index is 2.25. The predicted molar refractivity (Wildman–Crippen MR) is 101 cm³/mol. The van der Waals surface area contributed by atoms with Crippen molar-refractivity contribution >= 4 is 49.1 Å². The van der Waals surface area contributed by atoms with E-state index >= 15 is 0 Å². The van der Waals surface area contributed by atoms with Crippen LogP contribution in [0.25, 0.3) is 0 Å². The smallest absolute Gasteiger partial charge is 0.256 e. The number of methoxy groups -OCH3 is 1. The molecule has 140 valence electrons. The topological polar surface area (TPSA) is 84.5 Å². The Labute approximate surface area is 163 Å². The van der Waals surface area contributed by atoms with Gasteiger partial charge < -0.3 is 10.1 Å². The lowest BCUT2D eigenvalue weighted by Crippen LogP contribution is -2.27. The maximum atomic E-state index is 13.2. The fourth-order valence-corrected chi connectivity index (χ4v) is 3.63. The lowest BCUT2D eigenvalue weighted by atomic mass is 10.2. The molecule has 0 heterocycles. The first-order valence-corrected chi connectivity index (χ1v) is 9.94. The molecule has 26 heavy (non-hydrogen) atoms. The van der Waals surface area contributed by atoms with Gasteiger partial charge in [0, 0.05) is 23.8 Å². The summed E-state index contributed by atoms with van der Waals surface area (Å²) >= 11 is 8.91. The number of rotatable bonds is 7. The highest BCUT2D eigenvalue weighted by Crippen LogP contribution is 2.24. The Morgan fingerprint density at radius 3 is 2.65 bits per heavy atom. The number of nitrogens with one attached hydrogen (secondary N) is 2. The van der Waals surface area contributed by atoms with E-state index in [9.17, 15) is 17.6 Å². The maximum Gasteiger partial charge on any atom is 0.256 e. The molecule has 2 aromatic carbocycles. The van der Waals surface area contributed by atoms with Gasteiger partial charge in [-0.15, -0.1) is 0 Å². The molecular formula is C16H15BrClFN2O4S. The van der Waals surface area contributed by atoms with Gasteiger partial charge in [0.2, 0.25) is 10.0 Å². The minimum absolute atomic E-state index is 0.0703. The van der Waals surface area contributed by atoms with Crippen molar-refractivity contribution in [2.45, 2.75) is 4.90 Å². The van der Waals surface area contributed by atoms with Gasteiger partial charge in [0.25, 0.3) is 5.91 Å². The van der Waals surface area contributed by atoms with E-state index in [-0.39, 0.29) is 34.3 Å². The van der Waals surface area contributed by atoms with Gasteiger partial charge in [0.15, 0.2) is 0 Å². The summed E-state index contributed by atoms with van der Waals surface area (Å²) in [6.07, 6.45) is 0. The van der Waals surface area contributed by atoms with Gasteiger partial charge >= 0.3 is 0 Å². The molecule has 2 aromatic rings. The molecule has 6 nitrogen and oxygen atoms in total. The van der Waals surface area contributed by atoms with Gasteiger partial charge in [0.05, 0.1) is 22.1 Å². The third-order valence-corrected chi connectivity index (χ3v) is 5.71. The molecule has 0 radical (unpaired) electrons. The fraction of sp³-hybridized carbons (Fsp3) is 0.188. The van der Waals surface area contributed by atoms with Gasteiger partial charge in [-0.1, -0.05) is 11.6 Å². The second-order valence-corrected chi connectivity index (χ2v) is 8.14. The van der Waals surface area contributed by atoms with E-state index in [0.717, 1.165) is 6.07 Å². The van der Waals surface area contributed by atoms with Gasteiger partial charge in [-0.25, -0.2) is 17.5 Å². The standard InChI is InChI=1S/C16H15BrClFN2O4S/c1-25-7-6-20-26(23,24)11-3-4-13(17)12(9-11)16(22)21-10-2-5-15(19)14(18)8-10/h2-5,8-9,20H,6-7H2,1H3,(H,21,22). The molecule has 0 aliphatic carbocycles. The van der Waals surface area contributed by atoms with E-state index in [1.807, 2.05) is 0 Å². The van der Waals surface area contributed by atoms with Crippen LogP contribution in [-0.2, 0) is 14.8 Å². The van der Waals surface area contributed by atoms with E-state index in [2.05, 4.69) is 26.0 Å². The van der Waals surface area contributed by atoms with Gasteiger partial charge in [-0.2, -0.15) is 0 Å². The molecule has 0 atom stereocenters. The summed E-state index contributed by atoms with van der Waals surface area (Å²) in [6, 6.07) is 7.78. The zero-order chi connectivity index (χ0) is 19.3. The van der Waals surface area contributed by atoms with Crippen LogP contribution < -0.4 is 10.0 Å². The molecule has 0 aliphatic heterocycles. The summed E-state index contributed by atoms with van der Waals surface area (Å²) in [7, 11) is -2.34. The number of anilines is 1. The summed E-state index contributed by atoms with van der Waals surface area (Å²) in [5.41, 5.74) is 0.375. The van der Waals surface area contributed by atoms with E-state index in [1.54, 1.807) is 0 Å². The third kappa shape index (κ3) is 5.24. The highest BCUT2D eigenvalue weighted by Gasteiger charge is 2.18. The molecule has 0 bridgehead atoms. The molecule has 0 unspecified atom stereocenters. The summed E-state index contributed by atoms with van der Waals surface area (Å²) < 4.78 is 45.3. The zero-order valence-corrected chi connectivity index (χ0v) is 16.7. The van der Waals surface area contributed by atoms with Crippen LogP contribution in [-0.4, -0.2) is 34.6 Å². The SMILES string of the molecule is COCCNS(=O)(=O)c1ccc(Br)c(C(=O)Nc2ccc(F)c(Cl)c2)c1. The van der Waals surface area contributed by atoms with E-state index in [0.29, 0.717) is 4.47 Å². The van der Waals surface area contributed by atoms with Gasteiger partial charge in [-0.05, 0) is 52.3 Å². The highest BCUT2D eigenvalue weighted by molar-refractivity contribution is 9.10. The predicted octanol–water partition coefficient (Wildman–Crippen LogP) is 3.42. The first-order valence-electron chi connectivity index (χ1n) is 7.29. The molecule has 10 heteroatoms. The molecule has 0 aliphatic rings. The van der Waals surface area contributed by atoms with E-state index in [1.165, 1.54) is 37.4 Å². The molecule has 0 fully saturated rings. The monoisotopic (exact) mass is 464 g/mol. The molecule has 2 rings (SSSR count). The van der Waals surface area contributed by atoms with Crippen LogP contribution >= 0.6 is 27.5 Å². The number of hydrogen-bond donors (Lipinski definition) is 2. The first-order chi connectivity index (χ1) is 12.2. The minimum Gasteiger partial charge on any atom is -0.383 e. The van der Waals surface area contributed by atoms with Crippen molar-refractivity contribution in [2.75, 3.05) is 25.6 Å². The number of halogens is 3. The number of sulfonamides is 1. The Morgan fingerprint density at radius 2 is 2.00 bits per heavy atom. The largest absolute Gasteiger partial charge is 0.383 e. The average Bonchev–Trinajstić information content (AvgIpc) is 2.58. The van der Waals surface area contributed by atoms with Crippen LogP contribution in [0.5, 0.6) is 0 Å². The molecular weight excluding hydrogens is 451 g/mol. The first kappa shape index (κ1) is 20.8. The molecule has 0 saturated heterocycles. The Hall–Kier alpha value is -1.52. The highest BCUT2D eigenvalue weighted by atomic mass is 79.9. The summed E-state index contributed by atoms with van der Waals surface area (Å²) in [6.45, 7) is 0.318. The molecule has 0 spiro atoms. The van der Waals surface area contributed by atoms with E-state index < -0.39 is 21.7 Å². The minimum atomic E-state index is -3.79. The summed E-state index contributed by atoms with van der Waals surface area (Å²) in [5, 5.41) is 2.40. The Morgan fingerprint density at radius 1 is 1.27 bits per heavy atom. The third-order valence-electron chi connectivity index (χ3n) is 3.27. The average molecular weight is 466 g/mol. The van der Waals surface area contributed by atoms with Crippen molar-refractivity contribution in [2.24, 2.45) is 0 Å². The number of carbonyl (C=O) groups is 1. The summed E-state index contributed by atoms with van der Waals surface area (Å²) in [4.78, 5) is 12.4.